The Morgan fingerprint density at radius 1 is 1.28 bits per heavy atom. The van der Waals surface area contributed by atoms with Crippen LogP contribution >= 0.6 is 27.3 Å². The van der Waals surface area contributed by atoms with Crippen molar-refractivity contribution < 1.29 is 0 Å². The first kappa shape index (κ1) is 13.8. The van der Waals surface area contributed by atoms with Crippen molar-refractivity contribution in [3.05, 3.63) is 45.2 Å². The first-order valence-electron chi connectivity index (χ1n) is 6.24. The highest BCUT2D eigenvalue weighted by molar-refractivity contribution is 9.10. The van der Waals surface area contributed by atoms with Crippen LogP contribution in [0.5, 0.6) is 0 Å². The standard InChI is InChI=1S/C15H18BrNS/c1-3-5-12(17)14-9-8-13(18-14)11-7-4-6-10(2)15(11)16/h4,6-9,12H,3,5,17H2,1-2H3. The van der Waals surface area contributed by atoms with Gasteiger partial charge in [0, 0.05) is 25.8 Å². The Balaban J connectivity index is 2.32. The SMILES string of the molecule is CCCC(N)c1ccc(-c2cccc(C)c2Br)s1. The number of thiophene rings is 1. The van der Waals surface area contributed by atoms with Gasteiger partial charge < -0.3 is 5.73 Å². The van der Waals surface area contributed by atoms with Crippen LogP contribution in [0.3, 0.4) is 0 Å². The molecule has 2 rings (SSSR count). The molecule has 1 nitrogen and oxygen atoms in total. The summed E-state index contributed by atoms with van der Waals surface area (Å²) < 4.78 is 1.18. The van der Waals surface area contributed by atoms with Gasteiger partial charge in [0.1, 0.15) is 0 Å². The van der Waals surface area contributed by atoms with Gasteiger partial charge in [-0.1, -0.05) is 31.5 Å². The molecule has 1 aromatic heterocycles. The van der Waals surface area contributed by atoms with Crippen molar-refractivity contribution in [1.82, 2.24) is 0 Å². The van der Waals surface area contributed by atoms with Crippen LogP contribution in [0.2, 0.25) is 0 Å². The molecule has 0 bridgehead atoms. The van der Waals surface area contributed by atoms with Crippen LogP contribution in [0.15, 0.2) is 34.8 Å². The van der Waals surface area contributed by atoms with Gasteiger partial charge in [-0.05, 0) is 47.0 Å². The van der Waals surface area contributed by atoms with E-state index in [1.165, 1.54) is 25.4 Å². The molecule has 0 fully saturated rings. The molecule has 96 valence electrons. The minimum absolute atomic E-state index is 0.178. The number of hydrogen-bond acceptors (Lipinski definition) is 2. The molecule has 0 aliphatic rings. The Bertz CT molecular complexity index is 533. The molecule has 0 spiro atoms. The maximum absolute atomic E-state index is 6.16. The van der Waals surface area contributed by atoms with E-state index in [2.05, 4.69) is 60.1 Å². The van der Waals surface area contributed by atoms with E-state index in [-0.39, 0.29) is 6.04 Å². The number of benzene rings is 1. The molecule has 0 saturated heterocycles. The summed E-state index contributed by atoms with van der Waals surface area (Å²) in [5.41, 5.74) is 8.69. The quantitative estimate of drug-likeness (QED) is 0.813. The lowest BCUT2D eigenvalue weighted by molar-refractivity contribution is 0.648. The van der Waals surface area contributed by atoms with Gasteiger partial charge >= 0.3 is 0 Å². The lowest BCUT2D eigenvalue weighted by Crippen LogP contribution is -2.07. The predicted molar refractivity (Wildman–Crippen MR) is 84.0 cm³/mol. The molecule has 1 heterocycles. The fourth-order valence-corrected chi connectivity index (χ4v) is 3.67. The highest BCUT2D eigenvalue weighted by Gasteiger charge is 2.11. The average Bonchev–Trinajstić information content (AvgIpc) is 2.82. The normalized spacial score (nSPS) is 12.7. The van der Waals surface area contributed by atoms with E-state index >= 15 is 0 Å². The molecule has 18 heavy (non-hydrogen) atoms. The topological polar surface area (TPSA) is 26.0 Å². The summed E-state index contributed by atoms with van der Waals surface area (Å²) >= 11 is 5.47. The average molecular weight is 324 g/mol. The van der Waals surface area contributed by atoms with Crippen LogP contribution in [0.4, 0.5) is 0 Å². The molecule has 0 amide bonds. The lowest BCUT2D eigenvalue weighted by atomic mass is 10.1. The molecule has 1 unspecified atom stereocenters. The first-order chi connectivity index (χ1) is 8.63. The van der Waals surface area contributed by atoms with Gasteiger partial charge in [0.15, 0.2) is 0 Å². The van der Waals surface area contributed by atoms with Crippen molar-refractivity contribution in [2.24, 2.45) is 5.73 Å². The zero-order valence-electron chi connectivity index (χ0n) is 10.7. The third-order valence-corrected chi connectivity index (χ3v) is 5.35. The number of rotatable bonds is 4. The summed E-state index contributed by atoms with van der Waals surface area (Å²) in [5.74, 6) is 0. The fraction of sp³-hybridized carbons (Fsp3) is 0.333. The smallest absolute Gasteiger partial charge is 0.0389 e. The van der Waals surface area contributed by atoms with Gasteiger partial charge in [0.25, 0.3) is 0 Å². The summed E-state index contributed by atoms with van der Waals surface area (Å²) in [7, 11) is 0. The molecule has 0 aliphatic carbocycles. The zero-order valence-corrected chi connectivity index (χ0v) is 13.1. The van der Waals surface area contributed by atoms with Gasteiger partial charge in [-0.3, -0.25) is 0 Å². The maximum Gasteiger partial charge on any atom is 0.0389 e. The zero-order chi connectivity index (χ0) is 13.1. The van der Waals surface area contributed by atoms with Crippen molar-refractivity contribution in [3.63, 3.8) is 0 Å². The van der Waals surface area contributed by atoms with Crippen LogP contribution < -0.4 is 5.73 Å². The second kappa shape index (κ2) is 6.00. The molecule has 0 radical (unpaired) electrons. The number of aryl methyl sites for hydroxylation is 1. The van der Waals surface area contributed by atoms with Crippen LogP contribution in [0.25, 0.3) is 10.4 Å². The van der Waals surface area contributed by atoms with Gasteiger partial charge in [-0.25, -0.2) is 0 Å². The predicted octanol–water partition coefficient (Wildman–Crippen LogP) is 5.29. The van der Waals surface area contributed by atoms with E-state index in [0.717, 1.165) is 12.8 Å². The van der Waals surface area contributed by atoms with Crippen LogP contribution in [-0.2, 0) is 0 Å². The van der Waals surface area contributed by atoms with Crippen LogP contribution in [0, 0.1) is 6.92 Å². The minimum atomic E-state index is 0.178. The fourth-order valence-electron chi connectivity index (χ4n) is 1.99. The van der Waals surface area contributed by atoms with E-state index in [1.54, 1.807) is 11.3 Å². The van der Waals surface area contributed by atoms with Gasteiger partial charge in [-0.2, -0.15) is 0 Å². The molecule has 1 atom stereocenters. The number of hydrogen-bond donors (Lipinski definition) is 1. The monoisotopic (exact) mass is 323 g/mol. The molecule has 0 aliphatic heterocycles. The first-order valence-corrected chi connectivity index (χ1v) is 7.85. The largest absolute Gasteiger partial charge is 0.323 e. The Kier molecular flexibility index (Phi) is 4.60. The maximum atomic E-state index is 6.16. The Morgan fingerprint density at radius 2 is 2.06 bits per heavy atom. The molecule has 0 saturated carbocycles. The minimum Gasteiger partial charge on any atom is -0.323 e. The second-order valence-electron chi connectivity index (χ2n) is 4.53. The van der Waals surface area contributed by atoms with Crippen molar-refractivity contribution in [3.8, 4) is 10.4 Å². The van der Waals surface area contributed by atoms with Gasteiger partial charge in [0.05, 0.1) is 0 Å². The van der Waals surface area contributed by atoms with Crippen molar-refractivity contribution in [1.29, 1.82) is 0 Å². The third kappa shape index (κ3) is 2.85. The molecule has 2 N–H and O–H groups in total. The molecular formula is C15H18BrNS. The molecule has 3 heteroatoms. The second-order valence-corrected chi connectivity index (χ2v) is 6.44. The molecule has 1 aromatic carbocycles. The molecular weight excluding hydrogens is 306 g/mol. The summed E-state index contributed by atoms with van der Waals surface area (Å²) in [6.45, 7) is 4.29. The van der Waals surface area contributed by atoms with E-state index in [4.69, 9.17) is 5.73 Å². The Morgan fingerprint density at radius 3 is 2.78 bits per heavy atom. The van der Waals surface area contributed by atoms with Crippen molar-refractivity contribution in [2.75, 3.05) is 0 Å². The lowest BCUT2D eigenvalue weighted by Gasteiger charge is -2.07. The highest BCUT2D eigenvalue weighted by atomic mass is 79.9. The van der Waals surface area contributed by atoms with Crippen LogP contribution in [-0.4, -0.2) is 0 Å². The summed E-state index contributed by atoms with van der Waals surface area (Å²) in [6.07, 6.45) is 2.18. The summed E-state index contributed by atoms with van der Waals surface area (Å²) in [6, 6.07) is 10.9. The number of halogens is 1. The highest BCUT2D eigenvalue weighted by Crippen LogP contribution is 2.37. The van der Waals surface area contributed by atoms with Crippen molar-refractivity contribution >= 4 is 27.3 Å². The summed E-state index contributed by atoms with van der Waals surface area (Å²) in [4.78, 5) is 2.56. The third-order valence-electron chi connectivity index (χ3n) is 3.05. The summed E-state index contributed by atoms with van der Waals surface area (Å²) in [5, 5.41) is 0. The van der Waals surface area contributed by atoms with E-state index in [9.17, 15) is 0 Å². The van der Waals surface area contributed by atoms with Crippen LogP contribution in [0.1, 0.15) is 36.2 Å². The van der Waals surface area contributed by atoms with Gasteiger partial charge in [-0.15, -0.1) is 11.3 Å². The van der Waals surface area contributed by atoms with E-state index in [0.29, 0.717) is 0 Å². The Labute approximate surface area is 121 Å². The van der Waals surface area contributed by atoms with Gasteiger partial charge in [0.2, 0.25) is 0 Å². The Hall–Kier alpha value is -0.640. The number of nitrogens with two attached hydrogens (primary N) is 1. The molecule has 2 aromatic rings. The van der Waals surface area contributed by atoms with E-state index < -0.39 is 0 Å². The van der Waals surface area contributed by atoms with Crippen molar-refractivity contribution in [2.45, 2.75) is 32.7 Å². The van der Waals surface area contributed by atoms with E-state index in [1.807, 2.05) is 0 Å².